The Hall–Kier alpha value is -1.49. The third-order valence-electron chi connectivity index (χ3n) is 3.14. The van der Waals surface area contributed by atoms with E-state index in [4.69, 9.17) is 0 Å². The molecule has 92 valence electrons. The fraction of sp³-hybridized carbons (Fsp3) is 0.500. The van der Waals surface area contributed by atoms with Crippen LogP contribution in [0.3, 0.4) is 0 Å². The molecule has 1 aliphatic heterocycles. The van der Waals surface area contributed by atoms with E-state index < -0.39 is 5.82 Å². The molecule has 0 saturated carbocycles. The molecule has 0 bridgehead atoms. The number of benzene rings is 1. The summed E-state index contributed by atoms with van der Waals surface area (Å²) >= 11 is 0. The number of nitrogens with zero attached hydrogens (tertiary/aromatic N) is 2. The molecule has 1 aromatic carbocycles. The highest BCUT2D eigenvalue weighted by molar-refractivity contribution is 5.52. The summed E-state index contributed by atoms with van der Waals surface area (Å²) in [5, 5.41) is 5.89. The standard InChI is InChI=1S/C12H16FN3O/c1-16-6-4-9(5-7-16)14-10-2-3-12(15-17)11(13)8-10/h2-3,8-9,14H,4-7H2,1H3. The van der Waals surface area contributed by atoms with E-state index in [1.54, 1.807) is 6.07 Å². The lowest BCUT2D eigenvalue weighted by atomic mass is 10.1. The Morgan fingerprint density at radius 2 is 2.12 bits per heavy atom. The van der Waals surface area contributed by atoms with Gasteiger partial charge >= 0.3 is 0 Å². The van der Waals surface area contributed by atoms with Gasteiger partial charge in [-0.05, 0) is 56.4 Å². The molecule has 5 heteroatoms. The molecule has 0 radical (unpaired) electrons. The number of rotatable bonds is 3. The highest BCUT2D eigenvalue weighted by Gasteiger charge is 2.16. The molecule has 0 atom stereocenters. The van der Waals surface area contributed by atoms with Gasteiger partial charge in [0.2, 0.25) is 0 Å². The monoisotopic (exact) mass is 237 g/mol. The summed E-state index contributed by atoms with van der Waals surface area (Å²) in [6.45, 7) is 2.10. The quantitative estimate of drug-likeness (QED) is 0.822. The van der Waals surface area contributed by atoms with Crippen molar-refractivity contribution >= 4 is 11.4 Å². The Kier molecular flexibility index (Phi) is 3.68. The van der Waals surface area contributed by atoms with Crippen LogP contribution in [0.15, 0.2) is 23.4 Å². The van der Waals surface area contributed by atoms with Crippen molar-refractivity contribution in [3.8, 4) is 0 Å². The third kappa shape index (κ3) is 3.00. The second kappa shape index (κ2) is 5.23. The lowest BCUT2D eigenvalue weighted by Gasteiger charge is -2.30. The van der Waals surface area contributed by atoms with E-state index in [1.165, 1.54) is 12.1 Å². The van der Waals surface area contributed by atoms with Crippen LogP contribution in [0.5, 0.6) is 0 Å². The number of nitroso groups, excluding NO2 is 1. The summed E-state index contributed by atoms with van der Waals surface area (Å²) in [5.74, 6) is -0.571. The third-order valence-corrected chi connectivity index (χ3v) is 3.14. The van der Waals surface area contributed by atoms with Gasteiger partial charge in [0.1, 0.15) is 5.69 Å². The number of anilines is 1. The van der Waals surface area contributed by atoms with Crippen molar-refractivity contribution in [2.45, 2.75) is 18.9 Å². The van der Waals surface area contributed by atoms with Gasteiger partial charge < -0.3 is 10.2 Å². The molecular weight excluding hydrogens is 221 g/mol. The minimum atomic E-state index is -0.571. The normalized spacial score (nSPS) is 18.0. The average Bonchev–Trinajstić information content (AvgIpc) is 2.32. The highest BCUT2D eigenvalue weighted by Crippen LogP contribution is 2.23. The number of piperidine rings is 1. The minimum Gasteiger partial charge on any atom is -0.382 e. The molecule has 17 heavy (non-hydrogen) atoms. The Labute approximate surface area is 99.8 Å². The van der Waals surface area contributed by atoms with Crippen LogP contribution < -0.4 is 5.32 Å². The summed E-state index contributed by atoms with van der Waals surface area (Å²) in [6.07, 6.45) is 2.09. The molecule has 4 nitrogen and oxygen atoms in total. The molecule has 1 aliphatic rings. The highest BCUT2D eigenvalue weighted by atomic mass is 19.1. The summed E-state index contributed by atoms with van der Waals surface area (Å²) in [4.78, 5) is 12.5. The van der Waals surface area contributed by atoms with Crippen LogP contribution in [0, 0.1) is 10.7 Å². The number of hydrogen-bond donors (Lipinski definition) is 1. The Morgan fingerprint density at radius 1 is 1.41 bits per heavy atom. The summed E-state index contributed by atoms with van der Waals surface area (Å²) < 4.78 is 13.3. The van der Waals surface area contributed by atoms with E-state index in [0.29, 0.717) is 11.7 Å². The number of nitrogens with one attached hydrogen (secondary N) is 1. The molecule has 1 N–H and O–H groups in total. The van der Waals surface area contributed by atoms with E-state index in [-0.39, 0.29) is 5.69 Å². The molecule has 2 rings (SSSR count). The molecule has 1 heterocycles. The van der Waals surface area contributed by atoms with E-state index in [1.807, 2.05) is 0 Å². The first-order chi connectivity index (χ1) is 8.19. The summed E-state index contributed by atoms with van der Waals surface area (Å²) in [7, 11) is 2.10. The maximum Gasteiger partial charge on any atom is 0.154 e. The fourth-order valence-electron chi connectivity index (χ4n) is 2.06. The van der Waals surface area contributed by atoms with E-state index in [2.05, 4.69) is 22.4 Å². The number of hydrogen-bond acceptors (Lipinski definition) is 4. The molecule has 0 amide bonds. The summed E-state index contributed by atoms with van der Waals surface area (Å²) in [6, 6.07) is 4.80. The van der Waals surface area contributed by atoms with E-state index >= 15 is 0 Å². The SMILES string of the molecule is CN1CCC(Nc2ccc(N=O)c(F)c2)CC1. The molecule has 0 aliphatic carbocycles. The Bertz CT molecular complexity index is 403. The lowest BCUT2D eigenvalue weighted by Crippen LogP contribution is -2.36. The fourth-order valence-corrected chi connectivity index (χ4v) is 2.06. The minimum absolute atomic E-state index is 0.140. The Balaban J connectivity index is 1.99. The van der Waals surface area contributed by atoms with E-state index in [0.717, 1.165) is 25.9 Å². The van der Waals surface area contributed by atoms with Gasteiger partial charge in [0.05, 0.1) is 0 Å². The second-order valence-corrected chi connectivity index (χ2v) is 4.48. The molecule has 1 aromatic rings. The summed E-state index contributed by atoms with van der Waals surface area (Å²) in [5.41, 5.74) is 0.573. The van der Waals surface area contributed by atoms with Crippen LogP contribution in [0.1, 0.15) is 12.8 Å². The van der Waals surface area contributed by atoms with Crippen molar-refractivity contribution in [2.24, 2.45) is 5.18 Å². The topological polar surface area (TPSA) is 44.7 Å². The van der Waals surface area contributed by atoms with Gasteiger partial charge in [-0.15, -0.1) is 4.91 Å². The maximum absolute atomic E-state index is 13.3. The first-order valence-electron chi connectivity index (χ1n) is 5.77. The van der Waals surface area contributed by atoms with Gasteiger partial charge in [-0.25, -0.2) is 4.39 Å². The smallest absolute Gasteiger partial charge is 0.154 e. The van der Waals surface area contributed by atoms with Crippen molar-refractivity contribution < 1.29 is 4.39 Å². The van der Waals surface area contributed by atoms with Crippen LogP contribution in [-0.2, 0) is 0 Å². The van der Waals surface area contributed by atoms with Crippen molar-refractivity contribution in [3.63, 3.8) is 0 Å². The van der Waals surface area contributed by atoms with Gasteiger partial charge in [0.15, 0.2) is 5.82 Å². The molecular formula is C12H16FN3O. The molecule has 1 saturated heterocycles. The second-order valence-electron chi connectivity index (χ2n) is 4.48. The van der Waals surface area contributed by atoms with Gasteiger partial charge in [-0.1, -0.05) is 0 Å². The maximum atomic E-state index is 13.3. The van der Waals surface area contributed by atoms with Crippen LogP contribution in [-0.4, -0.2) is 31.1 Å². The average molecular weight is 237 g/mol. The van der Waals surface area contributed by atoms with Crippen LogP contribution >= 0.6 is 0 Å². The van der Waals surface area contributed by atoms with Crippen molar-refractivity contribution in [2.75, 3.05) is 25.5 Å². The molecule has 0 spiro atoms. The Morgan fingerprint density at radius 3 is 2.71 bits per heavy atom. The molecule has 0 unspecified atom stereocenters. The van der Waals surface area contributed by atoms with Gasteiger partial charge in [-0.2, -0.15) is 0 Å². The zero-order valence-electron chi connectivity index (χ0n) is 9.82. The molecule has 1 fully saturated rings. The largest absolute Gasteiger partial charge is 0.382 e. The van der Waals surface area contributed by atoms with Crippen LogP contribution in [0.4, 0.5) is 15.8 Å². The van der Waals surface area contributed by atoms with Crippen molar-refractivity contribution in [3.05, 3.63) is 28.9 Å². The zero-order chi connectivity index (χ0) is 12.3. The van der Waals surface area contributed by atoms with Gasteiger partial charge in [0, 0.05) is 11.7 Å². The predicted octanol–water partition coefficient (Wildman–Crippen LogP) is 2.73. The van der Waals surface area contributed by atoms with Crippen molar-refractivity contribution in [1.29, 1.82) is 0 Å². The van der Waals surface area contributed by atoms with Crippen LogP contribution in [0.2, 0.25) is 0 Å². The first-order valence-corrected chi connectivity index (χ1v) is 5.77. The van der Waals surface area contributed by atoms with Gasteiger partial charge in [0.25, 0.3) is 0 Å². The lowest BCUT2D eigenvalue weighted by molar-refractivity contribution is 0.264. The number of halogens is 1. The van der Waals surface area contributed by atoms with Crippen LogP contribution in [0.25, 0.3) is 0 Å². The van der Waals surface area contributed by atoms with Gasteiger partial charge in [-0.3, -0.25) is 0 Å². The molecule has 0 aromatic heterocycles. The zero-order valence-corrected chi connectivity index (χ0v) is 9.82. The first kappa shape index (κ1) is 12.0. The van der Waals surface area contributed by atoms with E-state index in [9.17, 15) is 9.30 Å². The predicted molar refractivity (Wildman–Crippen MR) is 66.0 cm³/mol. The number of likely N-dealkylation sites (tertiary alicyclic amines) is 1. The van der Waals surface area contributed by atoms with Crippen molar-refractivity contribution in [1.82, 2.24) is 4.90 Å².